The Balaban J connectivity index is 1.51. The lowest BCUT2D eigenvalue weighted by atomic mass is 10.1. The smallest absolute Gasteiger partial charge is 0.290 e. The highest BCUT2D eigenvalue weighted by Crippen LogP contribution is 2.18. The van der Waals surface area contributed by atoms with Crippen LogP contribution in [0.25, 0.3) is 0 Å². The van der Waals surface area contributed by atoms with E-state index in [1.54, 1.807) is 31.4 Å². The summed E-state index contributed by atoms with van der Waals surface area (Å²) in [7, 11) is 1.59. The molecule has 7 heteroatoms. The van der Waals surface area contributed by atoms with Crippen LogP contribution in [0.2, 0.25) is 0 Å². The number of ether oxygens (including phenoxy) is 1. The Morgan fingerprint density at radius 1 is 1.19 bits per heavy atom. The van der Waals surface area contributed by atoms with Crippen molar-refractivity contribution in [2.24, 2.45) is 0 Å². The van der Waals surface area contributed by atoms with Crippen molar-refractivity contribution in [1.29, 1.82) is 0 Å². The van der Waals surface area contributed by atoms with E-state index in [0.717, 1.165) is 23.3 Å². The number of aliphatic hydroxyl groups is 1. The van der Waals surface area contributed by atoms with Gasteiger partial charge < -0.3 is 15.2 Å². The second-order valence-electron chi connectivity index (χ2n) is 6.07. The van der Waals surface area contributed by atoms with Gasteiger partial charge in [-0.2, -0.15) is 0 Å². The molecule has 0 spiro atoms. The van der Waals surface area contributed by atoms with E-state index in [9.17, 15) is 9.90 Å². The van der Waals surface area contributed by atoms with Gasteiger partial charge >= 0.3 is 0 Å². The van der Waals surface area contributed by atoms with Gasteiger partial charge in [-0.3, -0.25) is 4.79 Å². The highest BCUT2D eigenvalue weighted by Gasteiger charge is 2.14. The lowest BCUT2D eigenvalue weighted by Gasteiger charge is -2.11. The molecule has 140 valence electrons. The lowest BCUT2D eigenvalue weighted by Crippen LogP contribution is -2.27. The van der Waals surface area contributed by atoms with Crippen LogP contribution in [0, 0.1) is 0 Å². The van der Waals surface area contributed by atoms with Gasteiger partial charge in [0.1, 0.15) is 12.1 Å². The fraction of sp³-hybridized carbons (Fsp3) is 0.250. The average molecular weight is 366 g/mol. The molecule has 0 radical (unpaired) electrons. The molecule has 3 rings (SSSR count). The van der Waals surface area contributed by atoms with Gasteiger partial charge in [0.05, 0.1) is 19.8 Å². The molecule has 0 saturated carbocycles. The molecule has 3 aromatic rings. The van der Waals surface area contributed by atoms with E-state index in [1.165, 1.54) is 11.0 Å². The number of benzene rings is 2. The predicted molar refractivity (Wildman–Crippen MR) is 100 cm³/mol. The monoisotopic (exact) mass is 366 g/mol. The van der Waals surface area contributed by atoms with Crippen LogP contribution in [0.1, 0.15) is 27.8 Å². The van der Waals surface area contributed by atoms with Gasteiger partial charge in [-0.1, -0.05) is 42.5 Å². The second kappa shape index (κ2) is 8.95. The van der Waals surface area contributed by atoms with E-state index >= 15 is 0 Å². The number of carbonyl (C=O) groups is 1. The molecular formula is C20H22N4O3. The predicted octanol–water partition coefficient (Wildman–Crippen LogP) is 1.99. The number of hydrogen-bond donors (Lipinski definition) is 2. The maximum absolute atomic E-state index is 12.1. The first kappa shape index (κ1) is 18.6. The highest BCUT2D eigenvalue weighted by atomic mass is 16.5. The molecule has 0 aliphatic carbocycles. The van der Waals surface area contributed by atoms with Crippen LogP contribution in [0.3, 0.4) is 0 Å². The number of nitrogens with zero attached hydrogens (tertiary/aromatic N) is 3. The number of aromatic nitrogens is 3. The van der Waals surface area contributed by atoms with Crippen molar-refractivity contribution in [3.63, 3.8) is 0 Å². The zero-order chi connectivity index (χ0) is 19.1. The van der Waals surface area contributed by atoms with Gasteiger partial charge in [-0.05, 0) is 29.7 Å². The molecule has 0 bridgehead atoms. The number of amides is 1. The quantitative estimate of drug-likeness (QED) is 0.636. The van der Waals surface area contributed by atoms with E-state index in [1.807, 2.05) is 30.3 Å². The van der Waals surface area contributed by atoms with Crippen molar-refractivity contribution in [3.8, 4) is 5.75 Å². The Morgan fingerprint density at radius 2 is 1.93 bits per heavy atom. The number of nitrogens with one attached hydrogen (secondary N) is 1. The topological polar surface area (TPSA) is 89.3 Å². The van der Waals surface area contributed by atoms with Crippen molar-refractivity contribution in [2.75, 3.05) is 13.7 Å². The summed E-state index contributed by atoms with van der Waals surface area (Å²) in [6, 6.07) is 17.1. The van der Waals surface area contributed by atoms with Crippen molar-refractivity contribution >= 4 is 5.91 Å². The molecule has 1 atom stereocenters. The summed E-state index contributed by atoms with van der Waals surface area (Å²) in [6.07, 6.45) is 1.43. The molecule has 0 fully saturated rings. The molecule has 0 saturated heterocycles. The summed E-state index contributed by atoms with van der Waals surface area (Å²) in [5.74, 6) is 0.481. The minimum absolute atomic E-state index is 0.0880. The van der Waals surface area contributed by atoms with E-state index in [-0.39, 0.29) is 18.3 Å². The summed E-state index contributed by atoms with van der Waals surface area (Å²) >= 11 is 0. The summed E-state index contributed by atoms with van der Waals surface area (Å²) < 4.78 is 6.56. The molecule has 1 aromatic heterocycles. The Labute approximate surface area is 157 Å². The highest BCUT2D eigenvalue weighted by molar-refractivity contribution is 5.90. The van der Waals surface area contributed by atoms with Gasteiger partial charge in [-0.25, -0.2) is 9.67 Å². The number of hydrogen-bond acceptors (Lipinski definition) is 5. The van der Waals surface area contributed by atoms with Crippen LogP contribution in [0.5, 0.6) is 5.75 Å². The summed E-state index contributed by atoms with van der Waals surface area (Å²) in [4.78, 5) is 16.2. The zero-order valence-electron chi connectivity index (χ0n) is 15.1. The third kappa shape index (κ3) is 5.15. The van der Waals surface area contributed by atoms with Gasteiger partial charge in [-0.15, -0.1) is 5.10 Å². The Kier molecular flexibility index (Phi) is 6.17. The molecule has 27 heavy (non-hydrogen) atoms. The standard InChI is InChI=1S/C20H22N4O3/c1-27-17-9-7-16(8-10-17)18(25)13-24-14-22-19(23-24)20(26)21-12-11-15-5-3-2-4-6-15/h2-10,14,18,25H,11-13H2,1H3,(H,21,26)/t18-/m1/s1. The van der Waals surface area contributed by atoms with E-state index < -0.39 is 6.10 Å². The summed E-state index contributed by atoms with van der Waals surface area (Å²) in [5, 5.41) is 17.3. The molecule has 2 N–H and O–H groups in total. The third-order valence-corrected chi connectivity index (χ3v) is 4.14. The molecule has 7 nitrogen and oxygen atoms in total. The number of rotatable bonds is 8. The third-order valence-electron chi connectivity index (χ3n) is 4.14. The van der Waals surface area contributed by atoms with Crippen molar-refractivity contribution in [1.82, 2.24) is 20.1 Å². The van der Waals surface area contributed by atoms with Crippen LogP contribution in [0.15, 0.2) is 60.9 Å². The molecular weight excluding hydrogens is 344 g/mol. The number of carbonyl (C=O) groups excluding carboxylic acids is 1. The molecule has 0 aliphatic heterocycles. The Hall–Kier alpha value is -3.19. The summed E-state index contributed by atoms with van der Waals surface area (Å²) in [6.45, 7) is 0.711. The molecule has 0 unspecified atom stereocenters. The maximum atomic E-state index is 12.1. The minimum atomic E-state index is -0.758. The second-order valence-corrected chi connectivity index (χ2v) is 6.07. The molecule has 2 aromatic carbocycles. The average Bonchev–Trinajstić information content (AvgIpc) is 3.17. The fourth-order valence-electron chi connectivity index (χ4n) is 2.64. The van der Waals surface area contributed by atoms with E-state index in [4.69, 9.17) is 4.74 Å². The van der Waals surface area contributed by atoms with Gasteiger partial charge in [0.15, 0.2) is 0 Å². The Morgan fingerprint density at radius 3 is 2.63 bits per heavy atom. The van der Waals surface area contributed by atoms with Crippen LogP contribution < -0.4 is 10.1 Å². The first-order chi connectivity index (χ1) is 13.2. The van der Waals surface area contributed by atoms with Gasteiger partial charge in [0, 0.05) is 6.54 Å². The van der Waals surface area contributed by atoms with Crippen molar-refractivity contribution in [2.45, 2.75) is 19.1 Å². The zero-order valence-corrected chi connectivity index (χ0v) is 15.1. The van der Waals surface area contributed by atoms with Crippen LogP contribution >= 0.6 is 0 Å². The van der Waals surface area contributed by atoms with Crippen LogP contribution in [-0.4, -0.2) is 39.4 Å². The Bertz CT molecular complexity index is 862. The largest absolute Gasteiger partial charge is 0.497 e. The molecule has 0 aliphatic rings. The van der Waals surface area contributed by atoms with E-state index in [0.29, 0.717) is 6.54 Å². The maximum Gasteiger partial charge on any atom is 0.290 e. The summed E-state index contributed by atoms with van der Waals surface area (Å²) in [5.41, 5.74) is 1.89. The van der Waals surface area contributed by atoms with Crippen molar-refractivity contribution < 1.29 is 14.6 Å². The lowest BCUT2D eigenvalue weighted by molar-refractivity contribution is 0.0942. The number of aliphatic hydroxyl groups excluding tert-OH is 1. The first-order valence-electron chi connectivity index (χ1n) is 8.69. The minimum Gasteiger partial charge on any atom is -0.497 e. The van der Waals surface area contributed by atoms with Gasteiger partial charge in [0.25, 0.3) is 5.91 Å². The van der Waals surface area contributed by atoms with Crippen LogP contribution in [-0.2, 0) is 13.0 Å². The number of methoxy groups -OCH3 is 1. The fourth-order valence-corrected chi connectivity index (χ4v) is 2.64. The van der Waals surface area contributed by atoms with Crippen LogP contribution in [0.4, 0.5) is 0 Å². The van der Waals surface area contributed by atoms with Crippen molar-refractivity contribution in [3.05, 3.63) is 77.9 Å². The first-order valence-corrected chi connectivity index (χ1v) is 8.69. The van der Waals surface area contributed by atoms with Gasteiger partial charge in [0.2, 0.25) is 5.82 Å². The molecule has 1 heterocycles. The normalized spacial score (nSPS) is 11.8. The SMILES string of the molecule is COc1ccc([C@H](O)Cn2cnc(C(=O)NCCc3ccccc3)n2)cc1. The van der Waals surface area contributed by atoms with E-state index in [2.05, 4.69) is 15.4 Å². The molecule has 1 amide bonds.